The fourth-order valence-corrected chi connectivity index (χ4v) is 2.65. The van der Waals surface area contributed by atoms with Crippen molar-refractivity contribution in [2.45, 2.75) is 43.8 Å². The number of nitrogens with zero attached hydrogens (tertiary/aromatic N) is 3. The van der Waals surface area contributed by atoms with Crippen molar-refractivity contribution in [3.8, 4) is 0 Å². The first-order valence-corrected chi connectivity index (χ1v) is 5.02. The highest BCUT2D eigenvalue weighted by Gasteiger charge is 2.34. The van der Waals surface area contributed by atoms with Gasteiger partial charge in [0.05, 0.1) is 6.04 Å². The Morgan fingerprint density at radius 2 is 1.93 bits per heavy atom. The lowest BCUT2D eigenvalue weighted by Crippen LogP contribution is -2.38. The number of piperidine rings is 1. The average Bonchev–Trinajstić information content (AvgIpc) is 2.75. The highest BCUT2D eigenvalue weighted by Crippen LogP contribution is 2.32. The van der Waals surface area contributed by atoms with Crippen molar-refractivity contribution >= 4 is 12.4 Å². The van der Waals surface area contributed by atoms with Crippen LogP contribution in [0.25, 0.3) is 0 Å². The van der Waals surface area contributed by atoms with Crippen molar-refractivity contribution in [1.29, 1.82) is 0 Å². The third kappa shape index (κ3) is 1.64. The molecule has 2 saturated heterocycles. The van der Waals surface area contributed by atoms with Gasteiger partial charge in [-0.2, -0.15) is 5.10 Å². The highest BCUT2D eigenvalue weighted by molar-refractivity contribution is 5.85. The summed E-state index contributed by atoms with van der Waals surface area (Å²) in [5.74, 6) is 0. The molecule has 2 bridgehead atoms. The smallest absolute Gasteiger partial charge is 0.137 e. The molecule has 2 atom stereocenters. The van der Waals surface area contributed by atoms with E-state index in [1.165, 1.54) is 25.7 Å². The average molecular weight is 215 g/mol. The Bertz CT molecular complexity index is 275. The van der Waals surface area contributed by atoms with Gasteiger partial charge >= 0.3 is 0 Å². The standard InChI is InChI=1S/C9H14N4.ClH/c1-2-8-4-9(3-7(1)12-8)13-6-10-5-11-13;/h5-9,12H,1-4H2;1H. The molecule has 0 aromatic carbocycles. The van der Waals surface area contributed by atoms with Gasteiger partial charge in [0.15, 0.2) is 0 Å². The maximum atomic E-state index is 4.21. The van der Waals surface area contributed by atoms with Gasteiger partial charge in [0.2, 0.25) is 0 Å². The first-order chi connectivity index (χ1) is 6.42. The van der Waals surface area contributed by atoms with Gasteiger partial charge in [-0.1, -0.05) is 0 Å². The van der Waals surface area contributed by atoms with Crippen LogP contribution in [0.15, 0.2) is 12.7 Å². The highest BCUT2D eigenvalue weighted by atomic mass is 35.5. The second-order valence-electron chi connectivity index (χ2n) is 4.14. The molecule has 0 radical (unpaired) electrons. The van der Waals surface area contributed by atoms with Gasteiger partial charge in [-0.25, -0.2) is 9.67 Å². The van der Waals surface area contributed by atoms with Crippen LogP contribution in [-0.4, -0.2) is 26.8 Å². The van der Waals surface area contributed by atoms with Gasteiger partial charge in [0.1, 0.15) is 12.7 Å². The Morgan fingerprint density at radius 1 is 1.21 bits per heavy atom. The number of hydrogen-bond donors (Lipinski definition) is 1. The summed E-state index contributed by atoms with van der Waals surface area (Å²) in [7, 11) is 0. The van der Waals surface area contributed by atoms with E-state index >= 15 is 0 Å². The molecule has 4 nitrogen and oxygen atoms in total. The molecule has 78 valence electrons. The summed E-state index contributed by atoms with van der Waals surface area (Å²) in [5, 5.41) is 7.84. The fourth-order valence-electron chi connectivity index (χ4n) is 2.65. The van der Waals surface area contributed by atoms with E-state index in [0.29, 0.717) is 6.04 Å². The van der Waals surface area contributed by atoms with Crippen molar-refractivity contribution in [3.05, 3.63) is 12.7 Å². The van der Waals surface area contributed by atoms with Crippen LogP contribution in [0.5, 0.6) is 0 Å². The van der Waals surface area contributed by atoms with Crippen LogP contribution in [0.3, 0.4) is 0 Å². The van der Waals surface area contributed by atoms with Crippen LogP contribution in [0.2, 0.25) is 0 Å². The van der Waals surface area contributed by atoms with Crippen LogP contribution < -0.4 is 5.32 Å². The van der Waals surface area contributed by atoms with Crippen molar-refractivity contribution in [3.63, 3.8) is 0 Å². The van der Waals surface area contributed by atoms with E-state index in [0.717, 1.165) is 12.1 Å². The minimum atomic E-state index is 0. The summed E-state index contributed by atoms with van der Waals surface area (Å²) in [6.45, 7) is 0. The molecule has 3 rings (SSSR count). The van der Waals surface area contributed by atoms with Crippen LogP contribution in [-0.2, 0) is 0 Å². The summed E-state index contributed by atoms with van der Waals surface area (Å²) in [4.78, 5) is 4.00. The normalized spacial score (nSPS) is 35.3. The number of nitrogens with one attached hydrogen (secondary N) is 1. The lowest BCUT2D eigenvalue weighted by molar-refractivity contribution is 0.281. The van der Waals surface area contributed by atoms with Gasteiger partial charge in [-0.15, -0.1) is 12.4 Å². The van der Waals surface area contributed by atoms with E-state index in [-0.39, 0.29) is 12.4 Å². The molecule has 0 spiro atoms. The van der Waals surface area contributed by atoms with Crippen LogP contribution in [0.4, 0.5) is 0 Å². The number of fused-ring (bicyclic) bond motifs is 2. The third-order valence-corrected chi connectivity index (χ3v) is 3.26. The molecule has 5 heteroatoms. The maximum absolute atomic E-state index is 4.21. The lowest BCUT2D eigenvalue weighted by atomic mass is 10.0. The SMILES string of the molecule is Cl.c1ncn(C2CC3CCC(C2)N3)n1. The topological polar surface area (TPSA) is 42.7 Å². The summed E-state index contributed by atoms with van der Waals surface area (Å²) in [5.41, 5.74) is 0. The zero-order valence-corrected chi connectivity index (χ0v) is 8.78. The fraction of sp³-hybridized carbons (Fsp3) is 0.778. The summed E-state index contributed by atoms with van der Waals surface area (Å²) in [6, 6.07) is 2.04. The first-order valence-electron chi connectivity index (χ1n) is 5.02. The Hall–Kier alpha value is -0.610. The summed E-state index contributed by atoms with van der Waals surface area (Å²) < 4.78 is 2.02. The summed E-state index contributed by atoms with van der Waals surface area (Å²) in [6.07, 6.45) is 8.60. The number of rotatable bonds is 1. The minimum Gasteiger partial charge on any atom is -0.311 e. The van der Waals surface area contributed by atoms with Gasteiger partial charge in [0, 0.05) is 12.1 Å². The van der Waals surface area contributed by atoms with E-state index in [1.807, 2.05) is 11.0 Å². The molecule has 14 heavy (non-hydrogen) atoms. The quantitative estimate of drug-likeness (QED) is 0.763. The molecule has 0 aliphatic carbocycles. The monoisotopic (exact) mass is 214 g/mol. The van der Waals surface area contributed by atoms with Crippen molar-refractivity contribution in [2.75, 3.05) is 0 Å². The van der Waals surface area contributed by atoms with Gasteiger partial charge in [-0.05, 0) is 25.7 Å². The van der Waals surface area contributed by atoms with Crippen LogP contribution >= 0.6 is 12.4 Å². The molecule has 2 aliphatic heterocycles. The van der Waals surface area contributed by atoms with E-state index in [4.69, 9.17) is 0 Å². The van der Waals surface area contributed by atoms with Crippen molar-refractivity contribution in [1.82, 2.24) is 20.1 Å². The number of hydrogen-bond acceptors (Lipinski definition) is 3. The van der Waals surface area contributed by atoms with Crippen LogP contribution in [0.1, 0.15) is 31.7 Å². The van der Waals surface area contributed by atoms with Crippen molar-refractivity contribution in [2.24, 2.45) is 0 Å². The summed E-state index contributed by atoms with van der Waals surface area (Å²) >= 11 is 0. The largest absolute Gasteiger partial charge is 0.311 e. The molecule has 2 aliphatic rings. The van der Waals surface area contributed by atoms with Gasteiger partial charge < -0.3 is 5.32 Å². The Labute approximate surface area is 89.5 Å². The molecule has 2 unspecified atom stereocenters. The molecular formula is C9H15ClN4. The Balaban J connectivity index is 0.000000750. The van der Waals surface area contributed by atoms with E-state index in [2.05, 4.69) is 15.4 Å². The Kier molecular flexibility index (Phi) is 2.74. The number of aromatic nitrogens is 3. The number of halogens is 1. The van der Waals surface area contributed by atoms with Gasteiger partial charge in [-0.3, -0.25) is 0 Å². The van der Waals surface area contributed by atoms with E-state index < -0.39 is 0 Å². The zero-order valence-electron chi connectivity index (χ0n) is 7.97. The molecule has 3 heterocycles. The molecular weight excluding hydrogens is 200 g/mol. The minimum absolute atomic E-state index is 0. The van der Waals surface area contributed by atoms with Crippen LogP contribution in [0, 0.1) is 0 Å². The van der Waals surface area contributed by atoms with Gasteiger partial charge in [0.25, 0.3) is 0 Å². The second kappa shape index (κ2) is 3.87. The molecule has 2 fully saturated rings. The Morgan fingerprint density at radius 3 is 2.50 bits per heavy atom. The van der Waals surface area contributed by atoms with E-state index in [9.17, 15) is 0 Å². The molecule has 0 amide bonds. The molecule has 1 N–H and O–H groups in total. The van der Waals surface area contributed by atoms with Crippen molar-refractivity contribution < 1.29 is 0 Å². The predicted octanol–water partition coefficient (Wildman–Crippen LogP) is 1.16. The second-order valence-corrected chi connectivity index (χ2v) is 4.14. The molecule has 0 saturated carbocycles. The molecule has 1 aromatic rings. The van der Waals surface area contributed by atoms with E-state index in [1.54, 1.807) is 6.33 Å². The lowest BCUT2D eigenvalue weighted by Gasteiger charge is -2.28. The first kappa shape index (κ1) is 9.93. The molecule has 1 aromatic heterocycles. The predicted molar refractivity (Wildman–Crippen MR) is 55.5 cm³/mol. The maximum Gasteiger partial charge on any atom is 0.137 e. The third-order valence-electron chi connectivity index (χ3n) is 3.26. The zero-order chi connectivity index (χ0) is 8.67.